The molecule has 38 heavy (non-hydrogen) atoms. The third-order valence-electron chi connectivity index (χ3n) is 6.74. The standard InChI is InChI=1S/C28H52O10/c1-3-5-7-9-10-11-12-13-15-17-24(31)37-21(19-35-23(30)16-14-8-6-4-2)20-36-28-27(34)26(33)25(32)22(18-29)38-28/h21-22,25-29,32-34H,3-20H2,1-2H3. The highest BCUT2D eigenvalue weighted by molar-refractivity contribution is 5.70. The van der Waals surface area contributed by atoms with Gasteiger partial charge in [-0.15, -0.1) is 0 Å². The van der Waals surface area contributed by atoms with Gasteiger partial charge in [0.25, 0.3) is 0 Å². The predicted molar refractivity (Wildman–Crippen MR) is 141 cm³/mol. The second-order valence-corrected chi connectivity index (χ2v) is 10.2. The summed E-state index contributed by atoms with van der Waals surface area (Å²) >= 11 is 0. The zero-order chi connectivity index (χ0) is 28.2. The van der Waals surface area contributed by atoms with Crippen LogP contribution in [0.1, 0.15) is 110 Å². The Morgan fingerprint density at radius 2 is 1.24 bits per heavy atom. The lowest BCUT2D eigenvalue weighted by Crippen LogP contribution is -2.59. The number of aliphatic hydroxyl groups excluding tert-OH is 4. The molecule has 0 amide bonds. The summed E-state index contributed by atoms with van der Waals surface area (Å²) in [6.07, 6.45) is 6.27. The Morgan fingerprint density at radius 3 is 1.82 bits per heavy atom. The van der Waals surface area contributed by atoms with Crippen LogP contribution in [0.3, 0.4) is 0 Å². The number of ether oxygens (including phenoxy) is 4. The quantitative estimate of drug-likeness (QED) is 0.117. The molecule has 4 N–H and O–H groups in total. The molecular formula is C28H52O10. The van der Waals surface area contributed by atoms with Gasteiger partial charge in [-0.3, -0.25) is 9.59 Å². The molecule has 1 rings (SSSR count). The Kier molecular flexibility index (Phi) is 19.7. The first-order valence-electron chi connectivity index (χ1n) is 14.6. The van der Waals surface area contributed by atoms with Crippen LogP contribution in [0.5, 0.6) is 0 Å². The van der Waals surface area contributed by atoms with Gasteiger partial charge in [-0.05, 0) is 12.8 Å². The molecule has 0 aromatic carbocycles. The second-order valence-electron chi connectivity index (χ2n) is 10.2. The van der Waals surface area contributed by atoms with Gasteiger partial charge in [0.05, 0.1) is 13.2 Å². The lowest BCUT2D eigenvalue weighted by atomic mass is 9.99. The average Bonchev–Trinajstić information content (AvgIpc) is 2.91. The fraction of sp³-hybridized carbons (Fsp3) is 0.929. The monoisotopic (exact) mass is 548 g/mol. The summed E-state index contributed by atoms with van der Waals surface area (Å²) in [6, 6.07) is 0. The van der Waals surface area contributed by atoms with Crippen molar-refractivity contribution in [3.63, 3.8) is 0 Å². The molecule has 0 aromatic rings. The molecule has 1 aliphatic rings. The summed E-state index contributed by atoms with van der Waals surface area (Å²) in [5, 5.41) is 39.4. The molecular weight excluding hydrogens is 496 g/mol. The van der Waals surface area contributed by atoms with Crippen LogP contribution in [-0.4, -0.2) is 89.0 Å². The summed E-state index contributed by atoms with van der Waals surface area (Å²) in [7, 11) is 0. The van der Waals surface area contributed by atoms with Crippen molar-refractivity contribution in [1.29, 1.82) is 0 Å². The molecule has 6 atom stereocenters. The zero-order valence-electron chi connectivity index (χ0n) is 23.4. The summed E-state index contributed by atoms with van der Waals surface area (Å²) < 4.78 is 21.7. The average molecular weight is 549 g/mol. The first-order valence-corrected chi connectivity index (χ1v) is 14.6. The molecule has 0 spiro atoms. The molecule has 6 unspecified atom stereocenters. The Labute approximate surface area is 228 Å². The van der Waals surface area contributed by atoms with E-state index >= 15 is 0 Å². The van der Waals surface area contributed by atoms with E-state index in [4.69, 9.17) is 18.9 Å². The fourth-order valence-corrected chi connectivity index (χ4v) is 4.30. The number of aliphatic hydroxyl groups is 4. The maximum atomic E-state index is 12.5. The molecule has 1 saturated heterocycles. The van der Waals surface area contributed by atoms with E-state index in [1.165, 1.54) is 32.1 Å². The molecule has 224 valence electrons. The number of esters is 2. The van der Waals surface area contributed by atoms with Crippen LogP contribution in [-0.2, 0) is 28.5 Å². The topological polar surface area (TPSA) is 152 Å². The maximum Gasteiger partial charge on any atom is 0.306 e. The van der Waals surface area contributed by atoms with Gasteiger partial charge in [0, 0.05) is 12.8 Å². The van der Waals surface area contributed by atoms with Gasteiger partial charge in [0.1, 0.15) is 31.0 Å². The van der Waals surface area contributed by atoms with Gasteiger partial charge in [0.15, 0.2) is 12.4 Å². The Hall–Kier alpha value is -1.30. The van der Waals surface area contributed by atoms with Crippen LogP contribution in [0.4, 0.5) is 0 Å². The normalized spacial score (nSPS) is 24.2. The number of carbonyl (C=O) groups excluding carboxylic acids is 2. The van der Waals surface area contributed by atoms with Crippen LogP contribution < -0.4 is 0 Å². The SMILES string of the molecule is CCCCCCCCCCCC(=O)OC(COC(=O)CCCCCC)COC1OC(CO)C(O)C(O)C1O. The van der Waals surface area contributed by atoms with Crippen molar-refractivity contribution in [1.82, 2.24) is 0 Å². The fourth-order valence-electron chi connectivity index (χ4n) is 4.30. The van der Waals surface area contributed by atoms with Crippen molar-refractivity contribution in [2.45, 2.75) is 147 Å². The molecule has 1 heterocycles. The zero-order valence-corrected chi connectivity index (χ0v) is 23.4. The molecule has 10 heteroatoms. The van der Waals surface area contributed by atoms with E-state index < -0.39 is 55.4 Å². The Balaban J connectivity index is 2.51. The third kappa shape index (κ3) is 14.7. The minimum atomic E-state index is -1.58. The van der Waals surface area contributed by atoms with Crippen molar-refractivity contribution in [3.8, 4) is 0 Å². The highest BCUT2D eigenvalue weighted by Gasteiger charge is 2.44. The first-order chi connectivity index (χ1) is 18.3. The van der Waals surface area contributed by atoms with E-state index in [9.17, 15) is 30.0 Å². The van der Waals surface area contributed by atoms with E-state index in [1.807, 2.05) is 0 Å². The lowest BCUT2D eigenvalue weighted by Gasteiger charge is -2.39. The molecule has 0 radical (unpaired) electrons. The molecule has 0 aromatic heterocycles. The number of carbonyl (C=O) groups is 2. The van der Waals surface area contributed by atoms with Crippen LogP contribution in [0, 0.1) is 0 Å². The molecule has 0 aliphatic carbocycles. The van der Waals surface area contributed by atoms with Crippen LogP contribution >= 0.6 is 0 Å². The van der Waals surface area contributed by atoms with Crippen molar-refractivity contribution in [3.05, 3.63) is 0 Å². The van der Waals surface area contributed by atoms with Crippen molar-refractivity contribution in [2.24, 2.45) is 0 Å². The van der Waals surface area contributed by atoms with E-state index in [2.05, 4.69) is 13.8 Å². The van der Waals surface area contributed by atoms with E-state index in [0.29, 0.717) is 6.42 Å². The summed E-state index contributed by atoms with van der Waals surface area (Å²) in [6.45, 7) is 3.21. The van der Waals surface area contributed by atoms with Gasteiger partial charge < -0.3 is 39.4 Å². The second kappa shape index (κ2) is 21.5. The first kappa shape index (κ1) is 34.7. The molecule has 1 fully saturated rings. The van der Waals surface area contributed by atoms with E-state index in [-0.39, 0.29) is 26.1 Å². The Morgan fingerprint density at radius 1 is 0.711 bits per heavy atom. The largest absolute Gasteiger partial charge is 0.462 e. The van der Waals surface area contributed by atoms with Gasteiger partial charge in [-0.25, -0.2) is 0 Å². The lowest BCUT2D eigenvalue weighted by molar-refractivity contribution is -0.305. The van der Waals surface area contributed by atoms with E-state index in [0.717, 1.165) is 44.9 Å². The highest BCUT2D eigenvalue weighted by atomic mass is 16.7. The summed E-state index contributed by atoms with van der Waals surface area (Å²) in [4.78, 5) is 24.6. The smallest absolute Gasteiger partial charge is 0.306 e. The number of rotatable bonds is 22. The Bertz CT molecular complexity index is 614. The minimum absolute atomic E-state index is 0.215. The molecule has 10 nitrogen and oxygen atoms in total. The van der Waals surface area contributed by atoms with E-state index in [1.54, 1.807) is 0 Å². The minimum Gasteiger partial charge on any atom is -0.462 e. The molecule has 1 aliphatic heterocycles. The van der Waals surface area contributed by atoms with Crippen molar-refractivity contribution < 1.29 is 49.0 Å². The number of hydrogen-bond donors (Lipinski definition) is 4. The highest BCUT2D eigenvalue weighted by Crippen LogP contribution is 2.22. The van der Waals surface area contributed by atoms with Crippen molar-refractivity contribution in [2.75, 3.05) is 19.8 Å². The summed E-state index contributed by atoms with van der Waals surface area (Å²) in [5.41, 5.74) is 0. The van der Waals surface area contributed by atoms with Crippen LogP contribution in [0.15, 0.2) is 0 Å². The van der Waals surface area contributed by atoms with Gasteiger partial charge in [-0.2, -0.15) is 0 Å². The third-order valence-corrected chi connectivity index (χ3v) is 6.74. The maximum absolute atomic E-state index is 12.5. The molecule has 0 bridgehead atoms. The molecule has 0 saturated carbocycles. The van der Waals surface area contributed by atoms with Crippen molar-refractivity contribution >= 4 is 11.9 Å². The van der Waals surface area contributed by atoms with Gasteiger partial charge in [0.2, 0.25) is 0 Å². The number of hydrogen-bond acceptors (Lipinski definition) is 10. The number of unbranched alkanes of at least 4 members (excludes halogenated alkanes) is 11. The van der Waals surface area contributed by atoms with Gasteiger partial charge in [-0.1, -0.05) is 84.5 Å². The van der Waals surface area contributed by atoms with Gasteiger partial charge >= 0.3 is 11.9 Å². The predicted octanol–water partition coefficient (Wildman–Crippen LogP) is 3.15. The van der Waals surface area contributed by atoms with Crippen LogP contribution in [0.2, 0.25) is 0 Å². The van der Waals surface area contributed by atoms with Crippen LogP contribution in [0.25, 0.3) is 0 Å². The summed E-state index contributed by atoms with van der Waals surface area (Å²) in [5.74, 6) is -0.830.